The molecule has 0 N–H and O–H groups in total. The number of rotatable bonds is 6. The highest BCUT2D eigenvalue weighted by atomic mass is 32.2. The van der Waals surface area contributed by atoms with E-state index < -0.39 is 10.0 Å². The number of nitrogens with zero attached hydrogens (tertiary/aromatic N) is 1. The summed E-state index contributed by atoms with van der Waals surface area (Å²) in [6.07, 6.45) is 3.13. The molecule has 0 aliphatic heterocycles. The number of furan rings is 1. The average molecular weight is 297 g/mol. The van der Waals surface area contributed by atoms with Crippen LogP contribution in [0, 0.1) is 0 Å². The second kappa shape index (κ2) is 5.11. The summed E-state index contributed by atoms with van der Waals surface area (Å²) in [5.41, 5.74) is 1.03. The van der Waals surface area contributed by atoms with Crippen LogP contribution >= 0.6 is 11.3 Å². The topological polar surface area (TPSA) is 50.5 Å². The highest BCUT2D eigenvalue weighted by Gasteiger charge is 2.40. The highest BCUT2D eigenvalue weighted by Crippen LogP contribution is 2.32. The maximum Gasteiger partial charge on any atom is 0.217 e. The predicted molar refractivity (Wildman–Crippen MR) is 74.2 cm³/mol. The van der Waals surface area contributed by atoms with Gasteiger partial charge in [0.1, 0.15) is 5.76 Å². The third-order valence-electron chi connectivity index (χ3n) is 3.16. The minimum atomic E-state index is -3.20. The van der Waals surface area contributed by atoms with Crippen molar-refractivity contribution in [2.24, 2.45) is 0 Å². The predicted octanol–water partition coefficient (Wildman–Crippen LogP) is 2.84. The average Bonchev–Trinajstić information content (AvgIpc) is 2.90. The van der Waals surface area contributed by atoms with Crippen LogP contribution < -0.4 is 0 Å². The molecule has 0 atom stereocenters. The molecule has 2 aromatic heterocycles. The molecular formula is C13H15NO3S2. The van der Waals surface area contributed by atoms with Crippen LogP contribution in [-0.2, 0) is 23.1 Å². The molecule has 0 saturated heterocycles. The van der Waals surface area contributed by atoms with Crippen molar-refractivity contribution in [3.05, 3.63) is 46.5 Å². The van der Waals surface area contributed by atoms with Crippen molar-refractivity contribution in [1.29, 1.82) is 0 Å². The Balaban J connectivity index is 1.82. The molecule has 102 valence electrons. The summed E-state index contributed by atoms with van der Waals surface area (Å²) < 4.78 is 31.7. The first-order valence-corrected chi connectivity index (χ1v) is 8.63. The first kappa shape index (κ1) is 12.9. The lowest BCUT2D eigenvalue weighted by atomic mass is 10.3. The Labute approximate surface area is 116 Å². The molecule has 4 nitrogen and oxygen atoms in total. The lowest BCUT2D eigenvalue weighted by Crippen LogP contribution is -2.32. The molecule has 0 spiro atoms. The molecule has 0 bridgehead atoms. The van der Waals surface area contributed by atoms with Gasteiger partial charge in [-0.2, -0.15) is 15.6 Å². The van der Waals surface area contributed by atoms with Gasteiger partial charge in [-0.25, -0.2) is 8.42 Å². The molecule has 2 heterocycles. The summed E-state index contributed by atoms with van der Waals surface area (Å²) in [7, 11) is -3.20. The molecule has 1 saturated carbocycles. The van der Waals surface area contributed by atoms with Gasteiger partial charge in [0, 0.05) is 6.54 Å². The van der Waals surface area contributed by atoms with Gasteiger partial charge in [-0.15, -0.1) is 0 Å². The van der Waals surface area contributed by atoms with E-state index in [4.69, 9.17) is 4.42 Å². The Hall–Kier alpha value is -1.11. The summed E-state index contributed by atoms with van der Waals surface area (Å²) in [6, 6.07) is 5.55. The SMILES string of the molecule is O=S(=O)(C1CC1)N(Cc1ccsc1)Cc1ccco1. The third-order valence-corrected chi connectivity index (χ3v) is 6.18. The summed E-state index contributed by atoms with van der Waals surface area (Å²) in [5.74, 6) is 0.680. The van der Waals surface area contributed by atoms with E-state index >= 15 is 0 Å². The minimum absolute atomic E-state index is 0.193. The van der Waals surface area contributed by atoms with E-state index in [1.54, 1.807) is 23.7 Å². The summed E-state index contributed by atoms with van der Waals surface area (Å²) in [5, 5.41) is 3.75. The molecule has 3 rings (SSSR count). The second-order valence-electron chi connectivity index (χ2n) is 4.72. The number of thiophene rings is 1. The van der Waals surface area contributed by atoms with E-state index in [0.29, 0.717) is 18.8 Å². The van der Waals surface area contributed by atoms with Gasteiger partial charge in [0.15, 0.2) is 0 Å². The van der Waals surface area contributed by atoms with Crippen molar-refractivity contribution in [2.45, 2.75) is 31.2 Å². The Morgan fingerprint density at radius 2 is 2.16 bits per heavy atom. The summed E-state index contributed by atoms with van der Waals surface area (Å²) >= 11 is 1.58. The smallest absolute Gasteiger partial charge is 0.217 e. The van der Waals surface area contributed by atoms with Crippen molar-refractivity contribution in [1.82, 2.24) is 4.31 Å². The van der Waals surface area contributed by atoms with Crippen LogP contribution in [0.1, 0.15) is 24.2 Å². The molecule has 2 aromatic rings. The second-order valence-corrected chi connectivity index (χ2v) is 7.72. The van der Waals surface area contributed by atoms with Crippen LogP contribution in [0.2, 0.25) is 0 Å². The number of hydrogen-bond donors (Lipinski definition) is 0. The van der Waals surface area contributed by atoms with Gasteiger partial charge in [-0.1, -0.05) is 0 Å². The monoisotopic (exact) mass is 297 g/mol. The molecule has 0 aromatic carbocycles. The van der Waals surface area contributed by atoms with Gasteiger partial charge < -0.3 is 4.42 Å². The molecule has 0 radical (unpaired) electrons. The van der Waals surface area contributed by atoms with Gasteiger partial charge >= 0.3 is 0 Å². The zero-order chi connectivity index (χ0) is 13.3. The minimum Gasteiger partial charge on any atom is -0.468 e. The number of sulfonamides is 1. The third kappa shape index (κ3) is 2.91. The molecular weight excluding hydrogens is 282 g/mol. The zero-order valence-electron chi connectivity index (χ0n) is 10.4. The van der Waals surface area contributed by atoms with E-state index in [1.165, 1.54) is 4.31 Å². The standard InChI is InChI=1S/C13H15NO3S2/c15-19(16,13-3-4-13)14(8-11-5-7-18-10-11)9-12-2-1-6-17-12/h1-2,5-7,10,13H,3-4,8-9H2. The van der Waals surface area contributed by atoms with E-state index in [2.05, 4.69) is 0 Å². The van der Waals surface area contributed by atoms with Gasteiger partial charge in [-0.05, 0) is 47.4 Å². The fourth-order valence-corrected chi connectivity index (χ4v) is 4.42. The quantitative estimate of drug-likeness (QED) is 0.824. The molecule has 19 heavy (non-hydrogen) atoms. The van der Waals surface area contributed by atoms with Crippen molar-refractivity contribution >= 4 is 21.4 Å². The van der Waals surface area contributed by atoms with Gasteiger partial charge in [-0.3, -0.25) is 0 Å². The van der Waals surface area contributed by atoms with Crippen molar-refractivity contribution < 1.29 is 12.8 Å². The molecule has 1 aliphatic rings. The summed E-state index contributed by atoms with van der Waals surface area (Å²) in [4.78, 5) is 0. The lowest BCUT2D eigenvalue weighted by Gasteiger charge is -2.20. The van der Waals surface area contributed by atoms with Gasteiger partial charge in [0.25, 0.3) is 0 Å². The van der Waals surface area contributed by atoms with Gasteiger partial charge in [0.2, 0.25) is 10.0 Å². The van der Waals surface area contributed by atoms with E-state index in [-0.39, 0.29) is 5.25 Å². The largest absolute Gasteiger partial charge is 0.468 e. The van der Waals surface area contributed by atoms with Crippen LogP contribution in [0.15, 0.2) is 39.6 Å². The Morgan fingerprint density at radius 3 is 2.74 bits per heavy atom. The molecule has 6 heteroatoms. The van der Waals surface area contributed by atoms with Crippen LogP contribution in [0.3, 0.4) is 0 Å². The van der Waals surface area contributed by atoms with Crippen molar-refractivity contribution in [2.75, 3.05) is 0 Å². The van der Waals surface area contributed by atoms with Crippen LogP contribution in [-0.4, -0.2) is 18.0 Å². The first-order chi connectivity index (χ1) is 9.16. The maximum absolute atomic E-state index is 12.4. The van der Waals surface area contributed by atoms with E-state index in [0.717, 1.165) is 18.4 Å². The Kier molecular flexibility index (Phi) is 3.47. The molecule has 0 unspecified atom stereocenters. The van der Waals surface area contributed by atoms with Crippen LogP contribution in [0.4, 0.5) is 0 Å². The highest BCUT2D eigenvalue weighted by molar-refractivity contribution is 7.90. The molecule has 1 aliphatic carbocycles. The zero-order valence-corrected chi connectivity index (χ0v) is 12.0. The number of hydrogen-bond acceptors (Lipinski definition) is 4. The van der Waals surface area contributed by atoms with Crippen LogP contribution in [0.5, 0.6) is 0 Å². The van der Waals surface area contributed by atoms with Gasteiger partial charge in [0.05, 0.1) is 18.1 Å². The normalized spacial score (nSPS) is 16.1. The van der Waals surface area contributed by atoms with Crippen molar-refractivity contribution in [3.63, 3.8) is 0 Å². The van der Waals surface area contributed by atoms with E-state index in [9.17, 15) is 8.42 Å². The Morgan fingerprint density at radius 1 is 1.32 bits per heavy atom. The van der Waals surface area contributed by atoms with Crippen LogP contribution in [0.25, 0.3) is 0 Å². The first-order valence-electron chi connectivity index (χ1n) is 6.18. The molecule has 1 fully saturated rings. The lowest BCUT2D eigenvalue weighted by molar-refractivity contribution is 0.358. The fraction of sp³-hybridized carbons (Fsp3) is 0.385. The molecule has 0 amide bonds. The van der Waals surface area contributed by atoms with E-state index in [1.807, 2.05) is 22.9 Å². The van der Waals surface area contributed by atoms with Crippen molar-refractivity contribution in [3.8, 4) is 0 Å². The summed E-state index contributed by atoms with van der Waals surface area (Å²) in [6.45, 7) is 0.727. The maximum atomic E-state index is 12.4. The Bertz CT molecular complexity index is 577. The fourth-order valence-electron chi connectivity index (χ4n) is 1.98.